The molecule has 0 saturated carbocycles. The molecular weight excluding hydrogens is 258 g/mol. The van der Waals surface area contributed by atoms with Crippen LogP contribution in [-0.2, 0) is 14.3 Å². The Morgan fingerprint density at radius 1 is 1.35 bits per heavy atom. The number of likely N-dealkylation sites (tertiary alicyclic amines) is 1. The Morgan fingerprint density at radius 3 is 2.70 bits per heavy atom. The van der Waals surface area contributed by atoms with Crippen LogP contribution in [-0.4, -0.2) is 69.0 Å². The van der Waals surface area contributed by atoms with E-state index in [1.54, 1.807) is 7.11 Å². The number of carbonyl (C=O) groups is 1. The lowest BCUT2D eigenvalue weighted by Gasteiger charge is -2.32. The van der Waals surface area contributed by atoms with E-state index in [0.717, 1.165) is 51.9 Å². The summed E-state index contributed by atoms with van der Waals surface area (Å²) in [5, 5.41) is 3.12. The number of hydrogen-bond acceptors (Lipinski definition) is 5. The van der Waals surface area contributed by atoms with Gasteiger partial charge in [0.05, 0.1) is 12.7 Å². The topological polar surface area (TPSA) is 76.8 Å². The molecule has 20 heavy (non-hydrogen) atoms. The molecule has 0 aromatic rings. The standard InChI is InChI=1S/C14H27N3O3/c1-19-9-8-17-6-4-11(5-7-17)16-14(18)13-3-2-12(10-15)20-13/h11-13H,2-10,15H2,1H3,(H,16,18)/t12-,13+/m1/s1. The van der Waals surface area contributed by atoms with Gasteiger partial charge in [-0.05, 0) is 25.7 Å². The number of carbonyl (C=O) groups excluding carboxylic acids is 1. The number of piperidine rings is 1. The summed E-state index contributed by atoms with van der Waals surface area (Å²) in [5.41, 5.74) is 5.56. The van der Waals surface area contributed by atoms with Crippen molar-refractivity contribution in [3.63, 3.8) is 0 Å². The van der Waals surface area contributed by atoms with E-state index in [9.17, 15) is 4.79 Å². The van der Waals surface area contributed by atoms with Crippen molar-refractivity contribution in [1.82, 2.24) is 10.2 Å². The van der Waals surface area contributed by atoms with E-state index < -0.39 is 0 Å². The van der Waals surface area contributed by atoms with Gasteiger partial charge >= 0.3 is 0 Å². The van der Waals surface area contributed by atoms with Gasteiger partial charge in [-0.1, -0.05) is 0 Å². The van der Waals surface area contributed by atoms with E-state index in [0.29, 0.717) is 6.54 Å². The first-order chi connectivity index (χ1) is 9.72. The number of rotatable bonds is 6. The predicted molar refractivity (Wildman–Crippen MR) is 76.4 cm³/mol. The number of ether oxygens (including phenoxy) is 2. The minimum Gasteiger partial charge on any atom is -0.383 e. The highest BCUT2D eigenvalue weighted by Gasteiger charge is 2.31. The van der Waals surface area contributed by atoms with Crippen molar-refractivity contribution in [2.75, 3.05) is 39.9 Å². The molecule has 2 rings (SSSR count). The number of amides is 1. The maximum absolute atomic E-state index is 12.1. The fourth-order valence-corrected chi connectivity index (χ4v) is 2.89. The summed E-state index contributed by atoms with van der Waals surface area (Å²) in [4.78, 5) is 14.5. The molecule has 0 spiro atoms. The quantitative estimate of drug-likeness (QED) is 0.702. The molecule has 0 radical (unpaired) electrons. The molecule has 2 aliphatic rings. The fourth-order valence-electron chi connectivity index (χ4n) is 2.89. The first kappa shape index (κ1) is 15.7. The third-order valence-corrected chi connectivity index (χ3v) is 4.21. The molecule has 0 aliphatic carbocycles. The van der Waals surface area contributed by atoms with Gasteiger partial charge in [0.25, 0.3) is 0 Å². The molecule has 6 heteroatoms. The lowest BCUT2D eigenvalue weighted by Crippen LogP contribution is -2.48. The predicted octanol–water partition coefficient (Wildman–Crippen LogP) is -0.280. The Kier molecular flexibility index (Phi) is 6.22. The first-order valence-electron chi connectivity index (χ1n) is 7.60. The fraction of sp³-hybridized carbons (Fsp3) is 0.929. The second-order valence-electron chi connectivity index (χ2n) is 5.68. The lowest BCUT2D eigenvalue weighted by atomic mass is 10.0. The van der Waals surface area contributed by atoms with Gasteiger partial charge in [-0.2, -0.15) is 0 Å². The van der Waals surface area contributed by atoms with Gasteiger partial charge in [0.15, 0.2) is 0 Å². The van der Waals surface area contributed by atoms with Gasteiger partial charge in [-0.25, -0.2) is 0 Å². The van der Waals surface area contributed by atoms with Gasteiger partial charge in [0.2, 0.25) is 5.91 Å². The molecule has 0 unspecified atom stereocenters. The number of hydrogen-bond donors (Lipinski definition) is 2. The van der Waals surface area contributed by atoms with Crippen molar-refractivity contribution in [2.24, 2.45) is 5.73 Å². The monoisotopic (exact) mass is 285 g/mol. The van der Waals surface area contributed by atoms with Crippen LogP contribution in [0.15, 0.2) is 0 Å². The second-order valence-corrected chi connectivity index (χ2v) is 5.68. The third kappa shape index (κ3) is 4.41. The van der Waals surface area contributed by atoms with E-state index in [2.05, 4.69) is 10.2 Å². The van der Waals surface area contributed by atoms with Gasteiger partial charge in [-0.3, -0.25) is 4.79 Å². The Balaban J connectivity index is 1.66. The van der Waals surface area contributed by atoms with E-state index in [4.69, 9.17) is 15.2 Å². The molecule has 0 aromatic heterocycles. The first-order valence-corrected chi connectivity index (χ1v) is 7.60. The maximum Gasteiger partial charge on any atom is 0.249 e. The van der Waals surface area contributed by atoms with E-state index >= 15 is 0 Å². The summed E-state index contributed by atoms with van der Waals surface area (Å²) in [6, 6.07) is 0.279. The minimum atomic E-state index is -0.296. The summed E-state index contributed by atoms with van der Waals surface area (Å²) in [6.07, 6.45) is 3.45. The Bertz CT molecular complexity index is 306. The Morgan fingerprint density at radius 2 is 2.10 bits per heavy atom. The summed E-state index contributed by atoms with van der Waals surface area (Å²) in [6.45, 7) is 4.28. The molecule has 2 atom stereocenters. The van der Waals surface area contributed by atoms with Crippen molar-refractivity contribution < 1.29 is 14.3 Å². The molecule has 2 aliphatic heterocycles. The number of nitrogens with two attached hydrogens (primary N) is 1. The van der Waals surface area contributed by atoms with Crippen LogP contribution in [0, 0.1) is 0 Å². The highest BCUT2D eigenvalue weighted by atomic mass is 16.5. The molecule has 2 fully saturated rings. The molecular formula is C14H27N3O3. The lowest BCUT2D eigenvalue weighted by molar-refractivity contribution is -0.132. The van der Waals surface area contributed by atoms with Crippen LogP contribution >= 0.6 is 0 Å². The number of methoxy groups -OCH3 is 1. The zero-order valence-electron chi connectivity index (χ0n) is 12.3. The molecule has 2 heterocycles. The molecule has 116 valence electrons. The van der Waals surface area contributed by atoms with Gasteiger partial charge < -0.3 is 25.4 Å². The summed E-state index contributed by atoms with van der Waals surface area (Å²) < 4.78 is 10.7. The molecule has 3 N–H and O–H groups in total. The number of nitrogens with zero attached hydrogens (tertiary/aromatic N) is 1. The Hall–Kier alpha value is -0.690. The molecule has 1 amide bonds. The smallest absolute Gasteiger partial charge is 0.249 e. The molecule has 2 saturated heterocycles. The second kappa shape index (κ2) is 7.93. The van der Waals surface area contributed by atoms with Gasteiger partial charge in [-0.15, -0.1) is 0 Å². The average molecular weight is 285 g/mol. The zero-order chi connectivity index (χ0) is 14.4. The Labute approximate surface area is 121 Å². The van der Waals surface area contributed by atoms with Crippen molar-refractivity contribution >= 4 is 5.91 Å². The maximum atomic E-state index is 12.1. The minimum absolute atomic E-state index is 0.0382. The molecule has 0 bridgehead atoms. The van der Waals surface area contributed by atoms with E-state index in [1.807, 2.05) is 0 Å². The largest absolute Gasteiger partial charge is 0.383 e. The van der Waals surface area contributed by atoms with Crippen LogP contribution in [0.4, 0.5) is 0 Å². The third-order valence-electron chi connectivity index (χ3n) is 4.21. The molecule has 0 aromatic carbocycles. The van der Waals surface area contributed by atoms with Gasteiger partial charge in [0, 0.05) is 39.3 Å². The van der Waals surface area contributed by atoms with Crippen molar-refractivity contribution in [2.45, 2.75) is 43.9 Å². The van der Waals surface area contributed by atoms with Crippen LogP contribution in [0.5, 0.6) is 0 Å². The summed E-state index contributed by atoms with van der Waals surface area (Å²) >= 11 is 0. The highest BCUT2D eigenvalue weighted by molar-refractivity contribution is 5.81. The van der Waals surface area contributed by atoms with Crippen molar-refractivity contribution in [1.29, 1.82) is 0 Å². The van der Waals surface area contributed by atoms with E-state index in [-0.39, 0.29) is 24.2 Å². The van der Waals surface area contributed by atoms with Crippen LogP contribution in [0.3, 0.4) is 0 Å². The van der Waals surface area contributed by atoms with Crippen molar-refractivity contribution in [3.8, 4) is 0 Å². The zero-order valence-corrected chi connectivity index (χ0v) is 12.3. The van der Waals surface area contributed by atoms with E-state index in [1.165, 1.54) is 0 Å². The summed E-state index contributed by atoms with van der Waals surface area (Å²) in [5.74, 6) is 0.0382. The SMILES string of the molecule is COCCN1CCC(NC(=O)[C@@H]2CC[C@H](CN)O2)CC1. The van der Waals surface area contributed by atoms with Crippen LogP contribution in [0.25, 0.3) is 0 Å². The summed E-state index contributed by atoms with van der Waals surface area (Å²) in [7, 11) is 1.73. The molecule has 6 nitrogen and oxygen atoms in total. The normalized spacial score (nSPS) is 28.7. The van der Waals surface area contributed by atoms with Crippen LogP contribution in [0.1, 0.15) is 25.7 Å². The van der Waals surface area contributed by atoms with Crippen molar-refractivity contribution in [3.05, 3.63) is 0 Å². The van der Waals surface area contributed by atoms with Gasteiger partial charge in [0.1, 0.15) is 6.10 Å². The highest BCUT2D eigenvalue weighted by Crippen LogP contribution is 2.19. The van der Waals surface area contributed by atoms with Crippen LogP contribution in [0.2, 0.25) is 0 Å². The average Bonchev–Trinajstić information content (AvgIpc) is 2.95. The van der Waals surface area contributed by atoms with Crippen LogP contribution < -0.4 is 11.1 Å². The number of nitrogens with one attached hydrogen (secondary N) is 1.